The van der Waals surface area contributed by atoms with Gasteiger partial charge in [0, 0.05) is 47.7 Å². The van der Waals surface area contributed by atoms with Crippen LogP contribution in [-0.2, 0) is 18.5 Å². The molecule has 0 aromatic carbocycles. The highest BCUT2D eigenvalue weighted by molar-refractivity contribution is 7.46. The zero-order chi connectivity index (χ0) is 38.2. The van der Waals surface area contributed by atoms with Crippen LogP contribution in [0, 0.1) is 11.3 Å². The van der Waals surface area contributed by atoms with Crippen LogP contribution in [0.15, 0.2) is 32.0 Å². The van der Waals surface area contributed by atoms with E-state index in [0.29, 0.717) is 54.4 Å². The molecule has 4 aromatic rings. The molecule has 0 radical (unpaired) electrons. The molecule has 55 heavy (non-hydrogen) atoms. The van der Waals surface area contributed by atoms with Crippen LogP contribution in [0.2, 0.25) is 0 Å². The number of nitrogens with zero attached hydrogens (tertiary/aromatic N) is 11. The van der Waals surface area contributed by atoms with Gasteiger partial charge in [0.25, 0.3) is 11.1 Å². The third-order valence-electron chi connectivity index (χ3n) is 8.23. The molecule has 2 aliphatic heterocycles. The molecule has 0 amide bonds. The predicted molar refractivity (Wildman–Crippen MR) is 211 cm³/mol. The van der Waals surface area contributed by atoms with Gasteiger partial charge in [-0.05, 0) is 12.8 Å². The zero-order valence-corrected chi connectivity index (χ0v) is 31.7. The molecule has 0 saturated carbocycles. The second-order valence-corrected chi connectivity index (χ2v) is 14.1. The van der Waals surface area contributed by atoms with E-state index in [1.165, 1.54) is 17.1 Å². The van der Waals surface area contributed by atoms with Crippen LogP contribution in [0.25, 0.3) is 22.1 Å². The van der Waals surface area contributed by atoms with Gasteiger partial charge in [-0.25, -0.2) is 19.3 Å². The van der Waals surface area contributed by atoms with Crippen molar-refractivity contribution in [2.75, 3.05) is 41.5 Å². The zero-order valence-electron chi connectivity index (χ0n) is 30.8. The number of H-pyrrole nitrogens is 2. The lowest BCUT2D eigenvalue weighted by Crippen LogP contribution is -2.22. The topological polar surface area (TPSA) is 239 Å². The number of fused-ring (bicyclic) bond motifs is 2. The number of aliphatic hydroxyl groups excluding tert-OH is 1. The highest BCUT2D eigenvalue weighted by Crippen LogP contribution is 2.43. The van der Waals surface area contributed by atoms with E-state index >= 15 is 0 Å². The van der Waals surface area contributed by atoms with Crippen LogP contribution in [-0.4, -0.2) is 133 Å². The summed E-state index contributed by atoms with van der Waals surface area (Å²) in [6, 6.07) is 2.05. The Bertz CT molecular complexity index is 2050. The van der Waals surface area contributed by atoms with E-state index in [1.807, 2.05) is 54.8 Å². The molecule has 6 rings (SSSR count). The van der Waals surface area contributed by atoms with Gasteiger partial charge in [0.1, 0.15) is 10.8 Å². The molecule has 2 aliphatic rings. The fourth-order valence-electron chi connectivity index (χ4n) is 5.73. The lowest BCUT2D eigenvalue weighted by Gasteiger charge is -2.20. The van der Waals surface area contributed by atoms with E-state index in [-0.39, 0.29) is 56.2 Å². The number of aromatic nitrogens is 8. The van der Waals surface area contributed by atoms with Crippen molar-refractivity contribution in [2.24, 2.45) is 9.98 Å². The molecule has 6 heterocycles. The minimum atomic E-state index is -1.12. The Morgan fingerprint density at radius 1 is 0.927 bits per heavy atom. The van der Waals surface area contributed by atoms with E-state index in [0.717, 1.165) is 6.42 Å². The third kappa shape index (κ3) is 11.0. The number of hydrogen-bond acceptors (Lipinski definition) is 14. The molecule has 7 atom stereocenters. The van der Waals surface area contributed by atoms with Crippen LogP contribution in [0.4, 0.5) is 11.9 Å². The van der Waals surface area contributed by atoms with E-state index in [2.05, 4.69) is 40.1 Å². The minimum absolute atomic E-state index is 0. The van der Waals surface area contributed by atoms with Gasteiger partial charge >= 0.3 is 0 Å². The van der Waals surface area contributed by atoms with Crippen molar-refractivity contribution in [1.29, 1.82) is 5.26 Å². The second kappa shape index (κ2) is 20.3. The molecule has 3 N–H and O–H groups in total. The number of rotatable bonds is 13. The molecule has 0 spiro atoms. The van der Waals surface area contributed by atoms with Gasteiger partial charge in [0.05, 0.1) is 68.6 Å². The Balaban J connectivity index is 0.000000294. The largest absolute Gasteiger partial charge is 0.390 e. The van der Waals surface area contributed by atoms with Gasteiger partial charge in [-0.3, -0.25) is 19.6 Å². The first-order valence-electron chi connectivity index (χ1n) is 17.2. The Morgan fingerprint density at radius 3 is 1.87 bits per heavy atom. The van der Waals surface area contributed by atoms with E-state index in [9.17, 15) is 14.7 Å². The van der Waals surface area contributed by atoms with Crippen LogP contribution < -0.4 is 11.1 Å². The fourth-order valence-corrected chi connectivity index (χ4v) is 6.74. The average molecular weight is 788 g/mol. The number of aliphatic imine (C=N–C) groups is 2. The summed E-state index contributed by atoms with van der Waals surface area (Å²) >= 11 is 0. The van der Waals surface area contributed by atoms with Crippen LogP contribution >= 0.6 is 8.38 Å². The minimum Gasteiger partial charge on any atom is -0.390 e. The quantitative estimate of drug-likeness (QED) is 0.0753. The summed E-state index contributed by atoms with van der Waals surface area (Å²) in [4.78, 5) is 50.3. The summed E-state index contributed by atoms with van der Waals surface area (Å²) in [6.45, 7) is 6.19. The van der Waals surface area contributed by atoms with Crippen molar-refractivity contribution < 1.29 is 23.6 Å². The number of nitriles is 1. The smallest absolute Gasteiger partial charge is 0.263 e. The van der Waals surface area contributed by atoms with Crippen molar-refractivity contribution in [3.05, 3.63) is 33.1 Å². The number of aliphatic hydroxyl groups is 1. The molecule has 302 valence electrons. The van der Waals surface area contributed by atoms with E-state index in [1.54, 1.807) is 27.2 Å². The maximum absolute atomic E-state index is 12.4. The van der Waals surface area contributed by atoms with Gasteiger partial charge in [0.15, 0.2) is 32.1 Å². The molecule has 21 heteroatoms. The average Bonchev–Trinajstić information content (AvgIpc) is 3.91. The first-order valence-corrected chi connectivity index (χ1v) is 18.8. The van der Waals surface area contributed by atoms with Crippen LogP contribution in [0.1, 0.15) is 73.3 Å². The molecule has 2 fully saturated rings. The van der Waals surface area contributed by atoms with Gasteiger partial charge in [0.2, 0.25) is 11.9 Å². The number of ether oxygens (including phenoxy) is 2. The molecule has 4 aromatic heterocycles. The van der Waals surface area contributed by atoms with Crippen molar-refractivity contribution in [2.45, 2.75) is 97.7 Å². The molecule has 7 unspecified atom stereocenters. The summed E-state index contributed by atoms with van der Waals surface area (Å²) in [5, 5.41) is 27.9. The second-order valence-electron chi connectivity index (χ2n) is 12.8. The Morgan fingerprint density at radius 2 is 1.42 bits per heavy atom. The first kappa shape index (κ1) is 44.8. The van der Waals surface area contributed by atoms with Gasteiger partial charge in [-0.2, -0.15) is 25.4 Å². The van der Waals surface area contributed by atoms with E-state index in [4.69, 9.17) is 23.8 Å². The molecule has 0 bridgehead atoms. The van der Waals surface area contributed by atoms with Crippen molar-refractivity contribution in [3.8, 4) is 6.07 Å². The Kier molecular flexibility index (Phi) is 16.5. The first-order chi connectivity index (χ1) is 25.4. The molecule has 0 aliphatic carbocycles. The van der Waals surface area contributed by atoms with E-state index < -0.39 is 26.9 Å². The summed E-state index contributed by atoms with van der Waals surface area (Å²) in [5.41, 5.74) is 0.193. The maximum atomic E-state index is 12.4. The third-order valence-corrected chi connectivity index (χ3v) is 9.34. The number of hydrogen-bond donors (Lipinski definition) is 3. The summed E-state index contributed by atoms with van der Waals surface area (Å²) in [7, 11) is 6.18. The lowest BCUT2D eigenvalue weighted by molar-refractivity contribution is -0.0232. The van der Waals surface area contributed by atoms with Gasteiger partial charge < -0.3 is 33.4 Å². The molecular weight excluding hydrogens is 733 g/mol. The molecule has 2 saturated heterocycles. The standard InChI is InChI=1S/C18H26N7O4P.C14H20N6O3.2CH4/c1-5-13-14(29-30(4)27-8-6-7-19)9-15(28-13)25-16-12(10-21-25)17(26)23-18(22-16)20-11-24(2)3;1-4-10-9(21)5-11(23-10)20-12-8(6-16-20)13(22)18-14(17-12)15-7-19(2)3;;/h10-11,13-15H,5-6,8-9H2,1-4H3,(H,22,23,26);6-7,9-11,21H,4-5H2,1-3H3,(H,17,18,22);2*1H4. The van der Waals surface area contributed by atoms with Crippen molar-refractivity contribution >= 4 is 55.0 Å². The van der Waals surface area contributed by atoms with Crippen molar-refractivity contribution in [1.82, 2.24) is 49.3 Å². The maximum Gasteiger partial charge on any atom is 0.263 e. The normalized spacial score (nSPS) is 22.7. The number of nitrogens with one attached hydrogen (secondary N) is 2. The fraction of sp³-hybridized carbons (Fsp3) is 0.618. The van der Waals surface area contributed by atoms with Gasteiger partial charge in [-0.15, -0.1) is 0 Å². The van der Waals surface area contributed by atoms with Crippen molar-refractivity contribution in [3.63, 3.8) is 0 Å². The highest BCUT2D eigenvalue weighted by Gasteiger charge is 2.39. The summed E-state index contributed by atoms with van der Waals surface area (Å²) < 4.78 is 26.8. The lowest BCUT2D eigenvalue weighted by atomic mass is 10.1. The van der Waals surface area contributed by atoms with Crippen LogP contribution in [0.5, 0.6) is 0 Å². The van der Waals surface area contributed by atoms with Crippen LogP contribution in [0.3, 0.4) is 0 Å². The highest BCUT2D eigenvalue weighted by atomic mass is 31.2. The Labute approximate surface area is 321 Å². The monoisotopic (exact) mass is 787 g/mol. The summed E-state index contributed by atoms with van der Waals surface area (Å²) in [6.07, 6.45) is 6.88. The summed E-state index contributed by atoms with van der Waals surface area (Å²) in [5.74, 6) is 0.396. The molecular formula is C34H54N13O7P. The number of aromatic amines is 2. The van der Waals surface area contributed by atoms with Gasteiger partial charge in [-0.1, -0.05) is 28.7 Å². The Hall–Kier alpha value is -4.64. The molecule has 20 nitrogen and oxygen atoms in total. The SMILES string of the molecule is C.C.CCC1OC(n2ncc3c(=O)[nH]c(N=CN(C)C)nc32)CC1O.CCC1OC(n2ncc3c(=O)[nH]c(N=CN(C)C)nc32)CC1OP(C)OCCC#N. The predicted octanol–water partition coefficient (Wildman–Crippen LogP) is 3.97.